The zero-order valence-electron chi connectivity index (χ0n) is 12.2. The Labute approximate surface area is 129 Å². The summed E-state index contributed by atoms with van der Waals surface area (Å²) < 4.78 is 0. The Balaban J connectivity index is 1.66. The van der Waals surface area contributed by atoms with Gasteiger partial charge in [0.15, 0.2) is 0 Å². The van der Waals surface area contributed by atoms with Gasteiger partial charge in [-0.1, -0.05) is 17.7 Å². The van der Waals surface area contributed by atoms with Gasteiger partial charge in [-0.3, -0.25) is 4.79 Å². The normalized spacial score (nSPS) is 14.6. The van der Waals surface area contributed by atoms with Crippen LogP contribution in [-0.2, 0) is 0 Å². The van der Waals surface area contributed by atoms with Crippen LogP contribution in [0.2, 0.25) is 0 Å². The topological polar surface area (TPSA) is 61.4 Å². The number of carbonyl (C=O) groups excluding carboxylic acids is 2. The zero-order valence-corrected chi connectivity index (χ0v) is 13.0. The highest BCUT2D eigenvalue weighted by atomic mass is 32.2. The van der Waals surface area contributed by atoms with Crippen LogP contribution in [-0.4, -0.2) is 54.5 Å². The van der Waals surface area contributed by atoms with E-state index in [0.717, 1.165) is 30.2 Å². The smallest absolute Gasteiger partial charge is 0.317 e. The van der Waals surface area contributed by atoms with E-state index in [1.807, 2.05) is 35.7 Å². The van der Waals surface area contributed by atoms with Crippen molar-refractivity contribution in [1.82, 2.24) is 15.5 Å². The van der Waals surface area contributed by atoms with Crippen molar-refractivity contribution in [2.24, 2.45) is 0 Å². The van der Waals surface area contributed by atoms with Crippen molar-refractivity contribution in [3.8, 4) is 0 Å². The van der Waals surface area contributed by atoms with Crippen molar-refractivity contribution in [3.63, 3.8) is 0 Å². The molecule has 1 fully saturated rings. The number of carbonyl (C=O) groups is 2. The lowest BCUT2D eigenvalue weighted by Crippen LogP contribution is -2.46. The van der Waals surface area contributed by atoms with Crippen molar-refractivity contribution in [2.45, 2.75) is 6.92 Å². The Morgan fingerprint density at radius 2 is 1.71 bits per heavy atom. The number of amides is 3. The Bertz CT molecular complexity index is 484. The van der Waals surface area contributed by atoms with E-state index < -0.39 is 0 Å². The third-order valence-electron chi connectivity index (χ3n) is 3.30. The van der Waals surface area contributed by atoms with Crippen LogP contribution in [0.4, 0.5) is 4.79 Å². The monoisotopic (exact) mass is 307 g/mol. The van der Waals surface area contributed by atoms with E-state index in [1.54, 1.807) is 12.1 Å². The van der Waals surface area contributed by atoms with Crippen LogP contribution in [0, 0.1) is 6.92 Å². The maximum absolute atomic E-state index is 11.9. The number of rotatable bonds is 4. The van der Waals surface area contributed by atoms with E-state index in [-0.39, 0.29) is 11.9 Å². The molecule has 6 heteroatoms. The van der Waals surface area contributed by atoms with Gasteiger partial charge in [0, 0.05) is 43.2 Å². The molecule has 0 bridgehead atoms. The van der Waals surface area contributed by atoms with E-state index in [2.05, 4.69) is 10.6 Å². The highest BCUT2D eigenvalue weighted by Gasteiger charge is 2.15. The average molecular weight is 307 g/mol. The second-order valence-corrected chi connectivity index (χ2v) is 6.18. The van der Waals surface area contributed by atoms with Crippen LogP contribution >= 0.6 is 11.8 Å². The van der Waals surface area contributed by atoms with Gasteiger partial charge < -0.3 is 15.5 Å². The fourth-order valence-corrected chi connectivity index (χ4v) is 2.93. The molecule has 1 aliphatic rings. The highest BCUT2D eigenvalue weighted by Crippen LogP contribution is 2.08. The Hall–Kier alpha value is -1.69. The van der Waals surface area contributed by atoms with Gasteiger partial charge in [-0.25, -0.2) is 4.79 Å². The lowest BCUT2D eigenvalue weighted by atomic mass is 10.1. The minimum Gasteiger partial charge on any atom is -0.350 e. The number of thioether (sulfide) groups is 1. The molecule has 1 heterocycles. The van der Waals surface area contributed by atoms with Crippen LogP contribution in [0.3, 0.4) is 0 Å². The number of urea groups is 1. The summed E-state index contributed by atoms with van der Waals surface area (Å²) in [5.41, 5.74) is 1.76. The van der Waals surface area contributed by atoms with E-state index >= 15 is 0 Å². The van der Waals surface area contributed by atoms with Gasteiger partial charge in [-0.15, -0.1) is 0 Å². The fraction of sp³-hybridized carbons (Fsp3) is 0.467. The maximum atomic E-state index is 11.9. The number of aryl methyl sites for hydroxylation is 1. The lowest BCUT2D eigenvalue weighted by molar-refractivity contribution is 0.0953. The predicted molar refractivity (Wildman–Crippen MR) is 85.8 cm³/mol. The van der Waals surface area contributed by atoms with Gasteiger partial charge in [0.25, 0.3) is 5.91 Å². The number of nitrogens with one attached hydrogen (secondary N) is 2. The fourth-order valence-electron chi connectivity index (χ4n) is 2.03. The molecule has 1 aliphatic heterocycles. The Kier molecular flexibility index (Phi) is 5.92. The maximum Gasteiger partial charge on any atom is 0.317 e. The van der Waals surface area contributed by atoms with Crippen molar-refractivity contribution in [1.29, 1.82) is 0 Å². The number of hydrogen-bond acceptors (Lipinski definition) is 3. The SMILES string of the molecule is Cc1ccc(C(=O)NCCNC(=O)N2CCSCC2)cc1. The molecular formula is C15H21N3O2S. The average Bonchev–Trinajstić information content (AvgIpc) is 2.52. The molecule has 0 spiro atoms. The van der Waals surface area contributed by atoms with Gasteiger partial charge >= 0.3 is 6.03 Å². The molecule has 1 aromatic carbocycles. The van der Waals surface area contributed by atoms with Crippen molar-refractivity contribution in [2.75, 3.05) is 37.7 Å². The second-order valence-electron chi connectivity index (χ2n) is 4.95. The van der Waals surface area contributed by atoms with E-state index in [1.165, 1.54) is 0 Å². The summed E-state index contributed by atoms with van der Waals surface area (Å²) in [6.45, 7) is 4.45. The molecule has 114 valence electrons. The summed E-state index contributed by atoms with van der Waals surface area (Å²) in [5, 5.41) is 5.63. The Morgan fingerprint density at radius 3 is 2.38 bits per heavy atom. The van der Waals surface area contributed by atoms with Gasteiger partial charge in [-0.2, -0.15) is 11.8 Å². The number of nitrogens with zero attached hydrogens (tertiary/aromatic N) is 1. The molecule has 0 unspecified atom stereocenters. The highest BCUT2D eigenvalue weighted by molar-refractivity contribution is 7.99. The van der Waals surface area contributed by atoms with Crippen molar-refractivity contribution >= 4 is 23.7 Å². The third kappa shape index (κ3) is 4.97. The largest absolute Gasteiger partial charge is 0.350 e. The first-order valence-electron chi connectivity index (χ1n) is 7.12. The van der Waals surface area contributed by atoms with E-state index in [0.29, 0.717) is 18.7 Å². The summed E-state index contributed by atoms with van der Waals surface area (Å²) in [5.74, 6) is 1.88. The van der Waals surface area contributed by atoms with Gasteiger partial charge in [0.2, 0.25) is 0 Å². The molecule has 0 radical (unpaired) electrons. The van der Waals surface area contributed by atoms with E-state index in [4.69, 9.17) is 0 Å². The van der Waals surface area contributed by atoms with Gasteiger partial charge in [-0.05, 0) is 19.1 Å². The van der Waals surface area contributed by atoms with Crippen LogP contribution in [0.15, 0.2) is 24.3 Å². The summed E-state index contributed by atoms with van der Waals surface area (Å²) in [6.07, 6.45) is 0. The minimum absolute atomic E-state index is 0.0418. The first-order valence-corrected chi connectivity index (χ1v) is 8.27. The van der Waals surface area contributed by atoms with Gasteiger partial charge in [0.1, 0.15) is 0 Å². The van der Waals surface area contributed by atoms with Crippen LogP contribution in [0.1, 0.15) is 15.9 Å². The minimum atomic E-state index is -0.112. The van der Waals surface area contributed by atoms with Crippen molar-refractivity contribution < 1.29 is 9.59 Å². The first-order chi connectivity index (χ1) is 10.2. The summed E-state index contributed by atoms with van der Waals surface area (Å²) >= 11 is 1.87. The van der Waals surface area contributed by atoms with Crippen LogP contribution in [0.5, 0.6) is 0 Å². The lowest BCUT2D eigenvalue weighted by Gasteiger charge is -2.26. The molecule has 2 rings (SSSR count). The molecule has 5 nitrogen and oxygen atoms in total. The zero-order chi connectivity index (χ0) is 15.1. The number of benzene rings is 1. The summed E-state index contributed by atoms with van der Waals surface area (Å²) in [7, 11) is 0. The third-order valence-corrected chi connectivity index (χ3v) is 4.24. The van der Waals surface area contributed by atoms with Gasteiger partial charge in [0.05, 0.1) is 0 Å². The predicted octanol–water partition coefficient (Wildman–Crippen LogP) is 1.48. The van der Waals surface area contributed by atoms with Crippen LogP contribution < -0.4 is 10.6 Å². The Morgan fingerprint density at radius 1 is 1.10 bits per heavy atom. The standard InChI is InChI=1S/C15H21N3O2S/c1-12-2-4-13(5-3-12)14(19)16-6-7-17-15(20)18-8-10-21-11-9-18/h2-5H,6-11H2,1H3,(H,16,19)(H,17,20). The molecule has 1 aromatic rings. The van der Waals surface area contributed by atoms with E-state index in [9.17, 15) is 9.59 Å². The molecule has 2 N–H and O–H groups in total. The molecule has 0 atom stereocenters. The molecule has 21 heavy (non-hydrogen) atoms. The molecule has 1 saturated heterocycles. The molecule has 0 aromatic heterocycles. The number of hydrogen-bond donors (Lipinski definition) is 2. The summed E-state index contributed by atoms with van der Waals surface area (Å²) in [4.78, 5) is 25.5. The van der Waals surface area contributed by atoms with Crippen molar-refractivity contribution in [3.05, 3.63) is 35.4 Å². The molecule has 0 saturated carbocycles. The molecular weight excluding hydrogens is 286 g/mol. The van der Waals surface area contributed by atoms with Crippen LogP contribution in [0.25, 0.3) is 0 Å². The second kappa shape index (κ2) is 7.93. The quantitative estimate of drug-likeness (QED) is 0.828. The molecule has 3 amide bonds. The molecule has 0 aliphatic carbocycles. The first kappa shape index (κ1) is 15.7. The summed E-state index contributed by atoms with van der Waals surface area (Å²) in [6, 6.07) is 7.37.